The number of hydrogen-bond acceptors (Lipinski definition) is 3. The summed E-state index contributed by atoms with van der Waals surface area (Å²) < 4.78 is 13.3. The standard InChI is InChI=1S/C14H18FN3O2/c1-9(2)18-4-3-17(13(19)14(18)20)8-10-5-11(15)7-12(16)6-10/h5-7,9H,3-4,8,16H2,1-2H3. The topological polar surface area (TPSA) is 66.6 Å². The lowest BCUT2D eigenvalue weighted by molar-refractivity contribution is -0.157. The molecule has 1 aromatic rings. The number of halogens is 1. The number of benzene rings is 1. The van der Waals surface area contributed by atoms with Gasteiger partial charge in [0.2, 0.25) is 0 Å². The molecule has 1 fully saturated rings. The fraction of sp³-hybridized carbons (Fsp3) is 0.429. The summed E-state index contributed by atoms with van der Waals surface area (Å²) in [7, 11) is 0. The van der Waals surface area contributed by atoms with Crippen LogP contribution in [-0.2, 0) is 16.1 Å². The number of piperazine rings is 1. The monoisotopic (exact) mass is 279 g/mol. The van der Waals surface area contributed by atoms with E-state index in [1.807, 2.05) is 13.8 Å². The van der Waals surface area contributed by atoms with Crippen LogP contribution in [0.4, 0.5) is 10.1 Å². The number of nitrogen functional groups attached to an aromatic ring is 1. The van der Waals surface area contributed by atoms with Gasteiger partial charge in [0, 0.05) is 31.4 Å². The summed E-state index contributed by atoms with van der Waals surface area (Å²) in [5.74, 6) is -1.50. The predicted molar refractivity (Wildman–Crippen MR) is 73.1 cm³/mol. The molecule has 1 aromatic carbocycles. The summed E-state index contributed by atoms with van der Waals surface area (Å²) in [5, 5.41) is 0. The highest BCUT2D eigenvalue weighted by Crippen LogP contribution is 2.16. The van der Waals surface area contributed by atoms with Crippen molar-refractivity contribution < 1.29 is 14.0 Å². The molecule has 20 heavy (non-hydrogen) atoms. The second-order valence-electron chi connectivity index (χ2n) is 5.21. The molecule has 1 aliphatic heterocycles. The molecule has 1 saturated heterocycles. The smallest absolute Gasteiger partial charge is 0.312 e. The summed E-state index contributed by atoms with van der Waals surface area (Å²) in [6, 6.07) is 4.14. The van der Waals surface area contributed by atoms with Crippen LogP contribution in [0.5, 0.6) is 0 Å². The van der Waals surface area contributed by atoms with E-state index in [0.717, 1.165) is 0 Å². The summed E-state index contributed by atoms with van der Waals surface area (Å²) in [4.78, 5) is 26.9. The molecule has 108 valence electrons. The number of carbonyl (C=O) groups is 2. The van der Waals surface area contributed by atoms with E-state index in [0.29, 0.717) is 24.3 Å². The van der Waals surface area contributed by atoms with E-state index in [-0.39, 0.29) is 12.6 Å². The normalized spacial score (nSPS) is 16.2. The Balaban J connectivity index is 2.11. The molecular weight excluding hydrogens is 261 g/mol. The van der Waals surface area contributed by atoms with Crippen molar-refractivity contribution in [2.24, 2.45) is 0 Å². The first-order valence-corrected chi connectivity index (χ1v) is 6.53. The molecule has 1 heterocycles. The van der Waals surface area contributed by atoms with Crippen molar-refractivity contribution in [1.29, 1.82) is 0 Å². The molecule has 0 aliphatic carbocycles. The van der Waals surface area contributed by atoms with Crippen molar-refractivity contribution in [3.05, 3.63) is 29.6 Å². The molecule has 2 amide bonds. The van der Waals surface area contributed by atoms with Crippen LogP contribution in [0, 0.1) is 5.82 Å². The molecule has 0 atom stereocenters. The van der Waals surface area contributed by atoms with E-state index in [4.69, 9.17) is 5.73 Å². The minimum atomic E-state index is -0.548. The zero-order valence-corrected chi connectivity index (χ0v) is 11.6. The molecule has 0 radical (unpaired) electrons. The molecule has 0 unspecified atom stereocenters. The van der Waals surface area contributed by atoms with Crippen molar-refractivity contribution in [2.75, 3.05) is 18.8 Å². The first-order chi connectivity index (χ1) is 9.38. The van der Waals surface area contributed by atoms with Crippen LogP contribution in [0.3, 0.4) is 0 Å². The van der Waals surface area contributed by atoms with Gasteiger partial charge in [-0.2, -0.15) is 0 Å². The van der Waals surface area contributed by atoms with Crippen LogP contribution in [0.15, 0.2) is 18.2 Å². The fourth-order valence-corrected chi connectivity index (χ4v) is 2.32. The summed E-state index contributed by atoms with van der Waals surface area (Å²) >= 11 is 0. The maximum absolute atomic E-state index is 13.3. The minimum Gasteiger partial charge on any atom is -0.399 e. The van der Waals surface area contributed by atoms with E-state index in [9.17, 15) is 14.0 Å². The van der Waals surface area contributed by atoms with E-state index >= 15 is 0 Å². The van der Waals surface area contributed by atoms with Crippen molar-refractivity contribution in [3.8, 4) is 0 Å². The van der Waals surface area contributed by atoms with Crippen molar-refractivity contribution >= 4 is 17.5 Å². The van der Waals surface area contributed by atoms with Gasteiger partial charge in [-0.25, -0.2) is 4.39 Å². The first kappa shape index (κ1) is 14.3. The van der Waals surface area contributed by atoms with Crippen LogP contribution in [0.1, 0.15) is 19.4 Å². The van der Waals surface area contributed by atoms with Gasteiger partial charge in [-0.05, 0) is 37.6 Å². The lowest BCUT2D eigenvalue weighted by atomic mass is 10.1. The van der Waals surface area contributed by atoms with Gasteiger partial charge in [-0.1, -0.05) is 0 Å². The van der Waals surface area contributed by atoms with Gasteiger partial charge in [-0.3, -0.25) is 9.59 Å². The molecule has 1 aliphatic rings. The zero-order valence-electron chi connectivity index (χ0n) is 11.6. The Labute approximate surface area is 117 Å². The van der Waals surface area contributed by atoms with Crippen molar-refractivity contribution in [3.63, 3.8) is 0 Å². The zero-order chi connectivity index (χ0) is 14.9. The molecule has 6 heteroatoms. The average Bonchev–Trinajstić information content (AvgIpc) is 2.33. The quantitative estimate of drug-likeness (QED) is 0.662. The Bertz CT molecular complexity index is 525. The van der Waals surface area contributed by atoms with Crippen molar-refractivity contribution in [2.45, 2.75) is 26.4 Å². The van der Waals surface area contributed by atoms with Crippen LogP contribution in [0.2, 0.25) is 0 Å². The van der Waals surface area contributed by atoms with Gasteiger partial charge in [0.05, 0.1) is 0 Å². The third-order valence-electron chi connectivity index (χ3n) is 3.32. The fourth-order valence-electron chi connectivity index (χ4n) is 2.32. The molecule has 0 saturated carbocycles. The van der Waals surface area contributed by atoms with E-state index in [1.165, 1.54) is 17.0 Å². The minimum absolute atomic E-state index is 0.00147. The van der Waals surface area contributed by atoms with Crippen LogP contribution >= 0.6 is 0 Å². The first-order valence-electron chi connectivity index (χ1n) is 6.53. The maximum Gasteiger partial charge on any atom is 0.312 e. The average molecular weight is 279 g/mol. The summed E-state index contributed by atoms with van der Waals surface area (Å²) in [5.41, 5.74) is 6.46. The van der Waals surface area contributed by atoms with Crippen LogP contribution in [-0.4, -0.2) is 40.7 Å². The largest absolute Gasteiger partial charge is 0.399 e. The second kappa shape index (κ2) is 5.48. The van der Waals surface area contributed by atoms with E-state index in [2.05, 4.69) is 0 Å². The Morgan fingerprint density at radius 2 is 1.90 bits per heavy atom. The third kappa shape index (κ3) is 2.89. The highest BCUT2D eigenvalue weighted by molar-refractivity contribution is 6.35. The van der Waals surface area contributed by atoms with Crippen molar-refractivity contribution in [1.82, 2.24) is 9.80 Å². The van der Waals surface area contributed by atoms with E-state index in [1.54, 1.807) is 11.0 Å². The Hall–Kier alpha value is -2.11. The number of nitrogens with zero attached hydrogens (tertiary/aromatic N) is 2. The highest BCUT2D eigenvalue weighted by Gasteiger charge is 2.33. The maximum atomic E-state index is 13.3. The van der Waals surface area contributed by atoms with Gasteiger partial charge < -0.3 is 15.5 Å². The Morgan fingerprint density at radius 3 is 2.50 bits per heavy atom. The summed E-state index contributed by atoms with van der Waals surface area (Å²) in [6.07, 6.45) is 0. The summed E-state index contributed by atoms with van der Waals surface area (Å²) in [6.45, 7) is 4.87. The van der Waals surface area contributed by atoms with Gasteiger partial charge in [-0.15, -0.1) is 0 Å². The Kier molecular flexibility index (Phi) is 3.92. The number of carbonyl (C=O) groups excluding carboxylic acids is 2. The number of anilines is 1. The molecule has 2 rings (SSSR count). The number of nitrogens with two attached hydrogens (primary N) is 1. The molecule has 0 spiro atoms. The lowest BCUT2D eigenvalue weighted by Crippen LogP contribution is -2.55. The number of hydrogen-bond donors (Lipinski definition) is 1. The molecule has 0 bridgehead atoms. The highest BCUT2D eigenvalue weighted by atomic mass is 19.1. The van der Waals surface area contributed by atoms with E-state index < -0.39 is 17.6 Å². The van der Waals surface area contributed by atoms with Gasteiger partial charge >= 0.3 is 11.8 Å². The van der Waals surface area contributed by atoms with Crippen LogP contribution < -0.4 is 5.73 Å². The molecule has 5 nitrogen and oxygen atoms in total. The van der Waals surface area contributed by atoms with Gasteiger partial charge in [0.15, 0.2) is 0 Å². The number of rotatable bonds is 3. The SMILES string of the molecule is CC(C)N1CCN(Cc2cc(N)cc(F)c2)C(=O)C1=O. The van der Waals surface area contributed by atoms with Gasteiger partial charge in [0.25, 0.3) is 0 Å². The second-order valence-corrected chi connectivity index (χ2v) is 5.21. The number of amides is 2. The lowest BCUT2D eigenvalue weighted by Gasteiger charge is -2.36. The molecule has 2 N–H and O–H groups in total. The third-order valence-corrected chi connectivity index (χ3v) is 3.32. The molecule has 0 aromatic heterocycles. The predicted octanol–water partition coefficient (Wildman–Crippen LogP) is 0.987. The molecular formula is C14H18FN3O2. The van der Waals surface area contributed by atoms with Crippen LogP contribution in [0.25, 0.3) is 0 Å². The Morgan fingerprint density at radius 1 is 1.20 bits per heavy atom. The van der Waals surface area contributed by atoms with Gasteiger partial charge in [0.1, 0.15) is 5.82 Å².